The zero-order chi connectivity index (χ0) is 16.3. The van der Waals surface area contributed by atoms with Crippen molar-refractivity contribution in [1.29, 1.82) is 0 Å². The van der Waals surface area contributed by atoms with Gasteiger partial charge in [0.1, 0.15) is 0 Å². The number of hydrogen-bond acceptors (Lipinski definition) is 2. The van der Waals surface area contributed by atoms with Crippen molar-refractivity contribution in [2.45, 2.75) is 40.2 Å². The van der Waals surface area contributed by atoms with E-state index in [9.17, 15) is 9.59 Å². The standard InChI is InChI=1S/C17H25N3O2/c1-5-19(6-2)17(22)18-14-10-16(21)20(11-14)15-8-7-12(3)13(4)9-15/h7-9,14H,5-6,10-11H2,1-4H3,(H,18,22). The van der Waals surface area contributed by atoms with Crippen LogP contribution < -0.4 is 10.2 Å². The molecule has 0 saturated carbocycles. The van der Waals surface area contributed by atoms with Crippen LogP contribution in [0.15, 0.2) is 18.2 Å². The molecule has 1 heterocycles. The maximum absolute atomic E-state index is 12.2. The van der Waals surface area contributed by atoms with Crippen molar-refractivity contribution in [2.75, 3.05) is 24.5 Å². The van der Waals surface area contributed by atoms with Gasteiger partial charge in [-0.25, -0.2) is 4.79 Å². The molecule has 1 saturated heterocycles. The highest BCUT2D eigenvalue weighted by atomic mass is 16.2. The van der Waals surface area contributed by atoms with Crippen LogP contribution in [0.3, 0.4) is 0 Å². The Labute approximate surface area is 132 Å². The van der Waals surface area contributed by atoms with Gasteiger partial charge in [-0.2, -0.15) is 0 Å². The zero-order valence-corrected chi connectivity index (χ0v) is 13.8. The summed E-state index contributed by atoms with van der Waals surface area (Å²) < 4.78 is 0. The summed E-state index contributed by atoms with van der Waals surface area (Å²) in [5, 5.41) is 2.96. The summed E-state index contributed by atoms with van der Waals surface area (Å²) in [6.07, 6.45) is 0.361. The van der Waals surface area contributed by atoms with Gasteiger partial charge in [-0.3, -0.25) is 4.79 Å². The molecule has 5 nitrogen and oxygen atoms in total. The minimum absolute atomic E-state index is 0.0631. The summed E-state index contributed by atoms with van der Waals surface area (Å²) in [5.74, 6) is 0.0631. The highest BCUT2D eigenvalue weighted by Gasteiger charge is 2.32. The molecule has 1 aromatic carbocycles. The van der Waals surface area contributed by atoms with Crippen molar-refractivity contribution in [3.8, 4) is 0 Å². The minimum atomic E-state index is -0.123. The van der Waals surface area contributed by atoms with E-state index >= 15 is 0 Å². The molecule has 22 heavy (non-hydrogen) atoms. The topological polar surface area (TPSA) is 52.7 Å². The molecular weight excluding hydrogens is 278 g/mol. The van der Waals surface area contributed by atoms with Gasteiger partial charge in [-0.05, 0) is 51.0 Å². The molecule has 1 unspecified atom stereocenters. The van der Waals surface area contributed by atoms with E-state index in [1.54, 1.807) is 9.80 Å². The van der Waals surface area contributed by atoms with Crippen LogP contribution in [0.4, 0.5) is 10.5 Å². The third-order valence-corrected chi connectivity index (χ3v) is 4.31. The Morgan fingerprint density at radius 2 is 1.95 bits per heavy atom. The molecule has 0 bridgehead atoms. The van der Waals surface area contributed by atoms with Gasteiger partial charge in [-0.15, -0.1) is 0 Å². The molecule has 1 aliphatic rings. The number of aryl methyl sites for hydroxylation is 2. The molecule has 5 heteroatoms. The number of benzene rings is 1. The average Bonchev–Trinajstić information content (AvgIpc) is 2.84. The third kappa shape index (κ3) is 3.40. The minimum Gasteiger partial charge on any atom is -0.333 e. The first-order valence-electron chi connectivity index (χ1n) is 7.89. The predicted molar refractivity (Wildman–Crippen MR) is 88.1 cm³/mol. The second kappa shape index (κ2) is 6.81. The fourth-order valence-electron chi connectivity index (χ4n) is 2.72. The van der Waals surface area contributed by atoms with E-state index in [0.717, 1.165) is 5.69 Å². The van der Waals surface area contributed by atoms with Gasteiger partial charge in [0.25, 0.3) is 0 Å². The van der Waals surface area contributed by atoms with E-state index in [4.69, 9.17) is 0 Å². The Balaban J connectivity index is 2.04. The molecule has 1 N–H and O–H groups in total. The average molecular weight is 303 g/mol. The molecule has 0 aliphatic carbocycles. The Kier molecular flexibility index (Phi) is 5.06. The maximum Gasteiger partial charge on any atom is 0.317 e. The van der Waals surface area contributed by atoms with Crippen molar-refractivity contribution in [3.63, 3.8) is 0 Å². The molecule has 1 fully saturated rings. The zero-order valence-electron chi connectivity index (χ0n) is 13.8. The van der Waals surface area contributed by atoms with Gasteiger partial charge in [0.05, 0.1) is 6.04 Å². The number of nitrogens with zero attached hydrogens (tertiary/aromatic N) is 2. The predicted octanol–water partition coefficient (Wildman–Crippen LogP) is 2.46. The lowest BCUT2D eigenvalue weighted by molar-refractivity contribution is -0.117. The molecule has 2 rings (SSSR count). The van der Waals surface area contributed by atoms with Gasteiger partial charge in [0.2, 0.25) is 5.91 Å². The van der Waals surface area contributed by atoms with E-state index in [-0.39, 0.29) is 18.0 Å². The number of hydrogen-bond donors (Lipinski definition) is 1. The van der Waals surface area contributed by atoms with Crippen LogP contribution in [-0.4, -0.2) is 42.5 Å². The van der Waals surface area contributed by atoms with Crippen LogP contribution in [0.5, 0.6) is 0 Å². The van der Waals surface area contributed by atoms with E-state index in [1.807, 2.05) is 39.0 Å². The summed E-state index contributed by atoms with van der Waals surface area (Å²) in [5.41, 5.74) is 3.29. The second-order valence-electron chi connectivity index (χ2n) is 5.80. The molecule has 0 spiro atoms. The van der Waals surface area contributed by atoms with E-state index in [1.165, 1.54) is 11.1 Å². The number of amides is 3. The summed E-state index contributed by atoms with van der Waals surface area (Å²) in [4.78, 5) is 27.8. The summed E-state index contributed by atoms with van der Waals surface area (Å²) in [6.45, 7) is 9.87. The Hall–Kier alpha value is -2.04. The summed E-state index contributed by atoms with van der Waals surface area (Å²) in [7, 11) is 0. The fourth-order valence-corrected chi connectivity index (χ4v) is 2.72. The Morgan fingerprint density at radius 3 is 2.55 bits per heavy atom. The SMILES string of the molecule is CCN(CC)C(=O)NC1CC(=O)N(c2ccc(C)c(C)c2)C1. The van der Waals surface area contributed by atoms with Gasteiger partial charge in [-0.1, -0.05) is 6.07 Å². The number of carbonyl (C=O) groups excluding carboxylic acids is 2. The Morgan fingerprint density at radius 1 is 1.27 bits per heavy atom. The van der Waals surface area contributed by atoms with Gasteiger partial charge >= 0.3 is 6.03 Å². The van der Waals surface area contributed by atoms with Crippen LogP contribution in [0.1, 0.15) is 31.4 Å². The lowest BCUT2D eigenvalue weighted by atomic mass is 10.1. The number of carbonyl (C=O) groups is 2. The molecule has 1 atom stereocenters. The van der Waals surface area contributed by atoms with Crippen LogP contribution in [0.2, 0.25) is 0 Å². The summed E-state index contributed by atoms with van der Waals surface area (Å²) >= 11 is 0. The highest BCUT2D eigenvalue weighted by Crippen LogP contribution is 2.24. The first-order valence-corrected chi connectivity index (χ1v) is 7.89. The van der Waals surface area contributed by atoms with Crippen molar-refractivity contribution in [3.05, 3.63) is 29.3 Å². The van der Waals surface area contributed by atoms with Crippen molar-refractivity contribution < 1.29 is 9.59 Å². The number of nitrogens with one attached hydrogen (secondary N) is 1. The molecular formula is C17H25N3O2. The third-order valence-electron chi connectivity index (χ3n) is 4.31. The van der Waals surface area contributed by atoms with Crippen LogP contribution in [-0.2, 0) is 4.79 Å². The lowest BCUT2D eigenvalue weighted by Crippen LogP contribution is -2.45. The number of anilines is 1. The fraction of sp³-hybridized carbons (Fsp3) is 0.529. The number of rotatable bonds is 4. The molecule has 1 aromatic rings. The smallest absolute Gasteiger partial charge is 0.317 e. The first kappa shape index (κ1) is 16.3. The quantitative estimate of drug-likeness (QED) is 0.929. The van der Waals surface area contributed by atoms with Crippen molar-refractivity contribution in [1.82, 2.24) is 10.2 Å². The Bertz CT molecular complexity index is 567. The summed E-state index contributed by atoms with van der Waals surface area (Å²) in [6, 6.07) is 5.81. The normalized spacial score (nSPS) is 17.7. The largest absolute Gasteiger partial charge is 0.333 e. The maximum atomic E-state index is 12.2. The van der Waals surface area contributed by atoms with Crippen LogP contribution in [0, 0.1) is 13.8 Å². The molecule has 120 valence electrons. The molecule has 0 radical (unpaired) electrons. The van der Waals surface area contributed by atoms with Gasteiger partial charge in [0, 0.05) is 31.7 Å². The van der Waals surface area contributed by atoms with E-state index < -0.39 is 0 Å². The number of urea groups is 1. The van der Waals surface area contributed by atoms with Gasteiger partial charge in [0.15, 0.2) is 0 Å². The van der Waals surface area contributed by atoms with Gasteiger partial charge < -0.3 is 15.1 Å². The van der Waals surface area contributed by atoms with E-state index in [2.05, 4.69) is 12.2 Å². The molecule has 0 aromatic heterocycles. The lowest BCUT2D eigenvalue weighted by Gasteiger charge is -2.22. The monoisotopic (exact) mass is 303 g/mol. The molecule has 1 aliphatic heterocycles. The second-order valence-corrected chi connectivity index (χ2v) is 5.80. The van der Waals surface area contributed by atoms with Crippen LogP contribution in [0.25, 0.3) is 0 Å². The molecule has 3 amide bonds. The first-order chi connectivity index (χ1) is 10.5. The highest BCUT2D eigenvalue weighted by molar-refractivity contribution is 5.96. The van der Waals surface area contributed by atoms with Crippen molar-refractivity contribution >= 4 is 17.6 Å². The van der Waals surface area contributed by atoms with Crippen LogP contribution >= 0.6 is 0 Å². The van der Waals surface area contributed by atoms with Crippen molar-refractivity contribution in [2.24, 2.45) is 0 Å². The van der Waals surface area contributed by atoms with E-state index in [0.29, 0.717) is 26.1 Å².